The van der Waals surface area contributed by atoms with Crippen LogP contribution in [-0.4, -0.2) is 22.4 Å². The van der Waals surface area contributed by atoms with Crippen LogP contribution in [0.4, 0.5) is 10.2 Å². The zero-order valence-electron chi connectivity index (χ0n) is 12.0. The Morgan fingerprint density at radius 3 is 2.76 bits per heavy atom. The zero-order valence-corrected chi connectivity index (χ0v) is 12.0. The van der Waals surface area contributed by atoms with E-state index in [0.29, 0.717) is 18.9 Å². The molecule has 5 nitrogen and oxygen atoms in total. The van der Waals surface area contributed by atoms with Crippen LogP contribution in [0.25, 0.3) is 0 Å². The fourth-order valence-corrected chi connectivity index (χ4v) is 1.80. The number of pyridine rings is 2. The Bertz CT molecular complexity index is 628. The molecule has 0 radical (unpaired) electrons. The Hall–Kier alpha value is -2.50. The number of nitrogens with one attached hydrogen (secondary N) is 2. The number of amides is 1. The highest BCUT2D eigenvalue weighted by Crippen LogP contribution is 2.13. The third-order valence-electron chi connectivity index (χ3n) is 2.87. The van der Waals surface area contributed by atoms with Gasteiger partial charge in [-0.3, -0.25) is 9.78 Å². The molecular weight excluding hydrogens is 271 g/mol. The third kappa shape index (κ3) is 3.98. The number of nitrogens with zero attached hydrogens (tertiary/aromatic N) is 2. The first kappa shape index (κ1) is 14.9. The van der Waals surface area contributed by atoms with Crippen molar-refractivity contribution in [2.24, 2.45) is 0 Å². The number of hydrogen-bond donors (Lipinski definition) is 2. The van der Waals surface area contributed by atoms with Gasteiger partial charge in [0.25, 0.3) is 5.91 Å². The number of carbonyl (C=O) groups is 1. The van der Waals surface area contributed by atoms with Gasteiger partial charge >= 0.3 is 0 Å². The summed E-state index contributed by atoms with van der Waals surface area (Å²) in [6, 6.07) is 4.93. The van der Waals surface area contributed by atoms with Crippen LogP contribution in [0.5, 0.6) is 0 Å². The summed E-state index contributed by atoms with van der Waals surface area (Å²) in [5.41, 5.74) is 1.98. The maximum atomic E-state index is 13.3. The van der Waals surface area contributed by atoms with E-state index >= 15 is 0 Å². The molecule has 0 aliphatic rings. The van der Waals surface area contributed by atoms with Crippen LogP contribution in [0, 0.1) is 12.7 Å². The second kappa shape index (κ2) is 6.78. The largest absolute Gasteiger partial charge is 0.370 e. The third-order valence-corrected chi connectivity index (χ3v) is 2.87. The lowest BCUT2D eigenvalue weighted by Gasteiger charge is -2.10. The van der Waals surface area contributed by atoms with Crippen molar-refractivity contribution in [1.29, 1.82) is 0 Å². The lowest BCUT2D eigenvalue weighted by Crippen LogP contribution is -2.24. The van der Waals surface area contributed by atoms with Crippen LogP contribution in [0.3, 0.4) is 0 Å². The maximum Gasteiger partial charge on any atom is 0.255 e. The molecule has 0 aliphatic carbocycles. The molecule has 2 heterocycles. The smallest absolute Gasteiger partial charge is 0.255 e. The van der Waals surface area contributed by atoms with E-state index in [0.717, 1.165) is 17.5 Å². The van der Waals surface area contributed by atoms with Crippen molar-refractivity contribution in [3.05, 3.63) is 53.2 Å². The average Bonchev–Trinajstić information content (AvgIpc) is 2.48. The minimum atomic E-state index is -0.543. The summed E-state index contributed by atoms with van der Waals surface area (Å²) in [7, 11) is 0. The molecule has 2 rings (SSSR count). The molecule has 21 heavy (non-hydrogen) atoms. The van der Waals surface area contributed by atoms with Crippen molar-refractivity contribution in [2.45, 2.75) is 20.4 Å². The second-order valence-electron chi connectivity index (χ2n) is 4.57. The molecule has 0 atom stereocenters. The van der Waals surface area contributed by atoms with Crippen molar-refractivity contribution in [1.82, 2.24) is 15.3 Å². The van der Waals surface area contributed by atoms with E-state index < -0.39 is 5.82 Å². The summed E-state index contributed by atoms with van der Waals surface area (Å²) < 4.78 is 13.3. The molecule has 0 spiro atoms. The topological polar surface area (TPSA) is 66.9 Å². The first-order valence-electron chi connectivity index (χ1n) is 6.69. The summed E-state index contributed by atoms with van der Waals surface area (Å²) >= 11 is 0. The molecule has 0 saturated heterocycles. The Kier molecular flexibility index (Phi) is 4.81. The molecule has 0 fully saturated rings. The van der Waals surface area contributed by atoms with Gasteiger partial charge < -0.3 is 10.6 Å². The summed E-state index contributed by atoms with van der Waals surface area (Å²) in [6.07, 6.45) is 2.78. The monoisotopic (exact) mass is 288 g/mol. The number of aryl methyl sites for hydroxylation is 1. The van der Waals surface area contributed by atoms with E-state index in [1.54, 1.807) is 6.20 Å². The Morgan fingerprint density at radius 1 is 1.29 bits per heavy atom. The van der Waals surface area contributed by atoms with Crippen molar-refractivity contribution >= 4 is 11.7 Å². The van der Waals surface area contributed by atoms with Gasteiger partial charge in [-0.05, 0) is 31.5 Å². The van der Waals surface area contributed by atoms with E-state index in [-0.39, 0.29) is 11.5 Å². The van der Waals surface area contributed by atoms with Crippen LogP contribution in [0.1, 0.15) is 28.5 Å². The standard InChI is InChI=1S/C15H17FN4O/c1-3-17-14-13(6-12(16)9-19-14)15(21)20-8-11-5-4-10(2)18-7-11/h4-7,9H,3,8H2,1-2H3,(H,17,19)(H,20,21). The Morgan fingerprint density at radius 2 is 2.10 bits per heavy atom. The van der Waals surface area contributed by atoms with Gasteiger partial charge in [0.2, 0.25) is 0 Å². The maximum absolute atomic E-state index is 13.3. The van der Waals surface area contributed by atoms with Gasteiger partial charge in [0.05, 0.1) is 11.8 Å². The Balaban J connectivity index is 2.09. The molecule has 2 N–H and O–H groups in total. The number of halogens is 1. The van der Waals surface area contributed by atoms with E-state index in [1.165, 1.54) is 6.07 Å². The second-order valence-corrected chi connectivity index (χ2v) is 4.57. The van der Waals surface area contributed by atoms with Gasteiger partial charge in [-0.25, -0.2) is 9.37 Å². The van der Waals surface area contributed by atoms with Gasteiger partial charge in [0.15, 0.2) is 0 Å². The van der Waals surface area contributed by atoms with E-state index in [1.807, 2.05) is 26.0 Å². The highest BCUT2D eigenvalue weighted by atomic mass is 19.1. The van der Waals surface area contributed by atoms with Gasteiger partial charge in [-0.1, -0.05) is 6.07 Å². The van der Waals surface area contributed by atoms with E-state index in [2.05, 4.69) is 20.6 Å². The first-order chi connectivity index (χ1) is 10.1. The quantitative estimate of drug-likeness (QED) is 0.886. The van der Waals surface area contributed by atoms with Crippen LogP contribution in [0.2, 0.25) is 0 Å². The molecule has 0 aromatic carbocycles. The molecular formula is C15H17FN4O. The molecule has 0 saturated carbocycles. The van der Waals surface area contributed by atoms with Crippen molar-refractivity contribution in [3.8, 4) is 0 Å². The molecule has 110 valence electrons. The number of rotatable bonds is 5. The molecule has 1 amide bonds. The van der Waals surface area contributed by atoms with Gasteiger partial charge in [-0.2, -0.15) is 0 Å². The molecule has 2 aromatic rings. The fraction of sp³-hybridized carbons (Fsp3) is 0.267. The molecule has 0 bridgehead atoms. The van der Waals surface area contributed by atoms with Gasteiger partial charge in [0.1, 0.15) is 11.6 Å². The molecule has 6 heteroatoms. The first-order valence-corrected chi connectivity index (χ1v) is 6.69. The van der Waals surface area contributed by atoms with Gasteiger partial charge in [0, 0.05) is 25.0 Å². The summed E-state index contributed by atoms with van der Waals surface area (Å²) in [5, 5.41) is 5.67. The summed E-state index contributed by atoms with van der Waals surface area (Å²) in [5.74, 6) is -0.546. The van der Waals surface area contributed by atoms with Crippen molar-refractivity contribution in [3.63, 3.8) is 0 Å². The van der Waals surface area contributed by atoms with Crippen LogP contribution in [0.15, 0.2) is 30.6 Å². The van der Waals surface area contributed by atoms with Crippen molar-refractivity contribution in [2.75, 3.05) is 11.9 Å². The predicted octanol–water partition coefficient (Wildman–Crippen LogP) is 2.29. The minimum absolute atomic E-state index is 0.192. The summed E-state index contributed by atoms with van der Waals surface area (Å²) in [6.45, 7) is 4.70. The lowest BCUT2D eigenvalue weighted by molar-refractivity contribution is 0.0951. The Labute approximate surface area is 122 Å². The average molecular weight is 288 g/mol. The number of carbonyl (C=O) groups excluding carboxylic acids is 1. The minimum Gasteiger partial charge on any atom is -0.370 e. The fourth-order valence-electron chi connectivity index (χ4n) is 1.80. The molecule has 0 unspecified atom stereocenters. The number of anilines is 1. The lowest BCUT2D eigenvalue weighted by atomic mass is 10.2. The van der Waals surface area contributed by atoms with Crippen LogP contribution in [-0.2, 0) is 6.54 Å². The highest BCUT2D eigenvalue weighted by molar-refractivity contribution is 5.98. The number of hydrogen-bond acceptors (Lipinski definition) is 4. The highest BCUT2D eigenvalue weighted by Gasteiger charge is 2.13. The van der Waals surface area contributed by atoms with Crippen LogP contribution >= 0.6 is 0 Å². The van der Waals surface area contributed by atoms with Crippen molar-refractivity contribution < 1.29 is 9.18 Å². The predicted molar refractivity (Wildman–Crippen MR) is 78.5 cm³/mol. The van der Waals surface area contributed by atoms with E-state index in [4.69, 9.17) is 0 Å². The molecule has 2 aromatic heterocycles. The molecule has 0 aliphatic heterocycles. The summed E-state index contributed by atoms with van der Waals surface area (Å²) in [4.78, 5) is 20.2. The van der Waals surface area contributed by atoms with E-state index in [9.17, 15) is 9.18 Å². The number of aromatic nitrogens is 2. The van der Waals surface area contributed by atoms with Crippen LogP contribution < -0.4 is 10.6 Å². The van der Waals surface area contributed by atoms with Gasteiger partial charge in [-0.15, -0.1) is 0 Å². The zero-order chi connectivity index (χ0) is 15.2. The SMILES string of the molecule is CCNc1ncc(F)cc1C(=O)NCc1ccc(C)nc1. The normalized spacial score (nSPS) is 10.2.